The molecule has 0 fully saturated rings. The fraction of sp³-hybridized carbons (Fsp3) is 0.160. The summed E-state index contributed by atoms with van der Waals surface area (Å²) in [7, 11) is 2.81. The summed E-state index contributed by atoms with van der Waals surface area (Å²) in [4.78, 5) is 13.1. The van der Waals surface area contributed by atoms with Crippen molar-refractivity contribution in [3.05, 3.63) is 87.4 Å². The molecule has 0 bridgehead atoms. The van der Waals surface area contributed by atoms with E-state index in [1.54, 1.807) is 6.07 Å². The van der Waals surface area contributed by atoms with Crippen molar-refractivity contribution < 1.29 is 40.6 Å². The quantitative estimate of drug-likeness (QED) is 0.119. The highest BCUT2D eigenvalue weighted by Crippen LogP contribution is 2.38. The number of benzene rings is 3. The Labute approximate surface area is 228 Å². The third kappa shape index (κ3) is 7.64. The molecular weight excluding hydrogens is 575 g/mol. The van der Waals surface area contributed by atoms with E-state index in [0.29, 0.717) is 46.3 Å². The second-order valence-corrected chi connectivity index (χ2v) is 8.46. The van der Waals surface area contributed by atoms with E-state index in [4.69, 9.17) is 32.7 Å². The van der Waals surface area contributed by atoms with Crippen LogP contribution in [0.5, 0.6) is 11.5 Å². The van der Waals surface area contributed by atoms with Gasteiger partial charge in [-0.2, -0.15) is 31.4 Å². The Morgan fingerprint density at radius 2 is 1.36 bits per heavy atom. The largest absolute Gasteiger partial charge is 0.497 e. The number of ether oxygens (including phenoxy) is 2. The molecule has 0 aromatic heterocycles. The van der Waals surface area contributed by atoms with Crippen LogP contribution in [-0.4, -0.2) is 20.1 Å². The number of halogens is 8. The first kappa shape index (κ1) is 29.8. The van der Waals surface area contributed by atoms with Crippen LogP contribution in [0, 0.1) is 0 Å². The molecule has 0 atom stereocenters. The SMILES string of the molecule is COc1cc(/C=C/C(=O)N(N=Nc2cc(C(F)(F)F)ccc2Cl)c2cc(C(F)(F)F)ccc2Cl)cc(OC)c1. The number of hydrogen-bond donors (Lipinski definition) is 0. The average molecular weight is 592 g/mol. The predicted octanol–water partition coefficient (Wildman–Crippen LogP) is 8.79. The number of amides is 1. The van der Waals surface area contributed by atoms with Gasteiger partial charge < -0.3 is 9.47 Å². The topological polar surface area (TPSA) is 63.5 Å². The molecule has 6 nitrogen and oxygen atoms in total. The molecule has 0 spiro atoms. The Bertz CT molecular complexity index is 1400. The minimum absolute atomic E-state index is 0.256. The van der Waals surface area contributed by atoms with Gasteiger partial charge in [-0.25, -0.2) is 0 Å². The fourth-order valence-corrected chi connectivity index (χ4v) is 3.44. The molecule has 1 amide bonds. The minimum atomic E-state index is -4.80. The van der Waals surface area contributed by atoms with Gasteiger partial charge in [0.15, 0.2) is 0 Å². The molecule has 0 saturated heterocycles. The van der Waals surface area contributed by atoms with Gasteiger partial charge in [-0.15, -0.1) is 5.11 Å². The zero-order valence-electron chi connectivity index (χ0n) is 19.9. The number of carbonyl (C=O) groups is 1. The van der Waals surface area contributed by atoms with E-state index < -0.39 is 40.8 Å². The fourth-order valence-electron chi connectivity index (χ4n) is 3.08. The Morgan fingerprint density at radius 3 is 1.90 bits per heavy atom. The van der Waals surface area contributed by atoms with Crippen molar-refractivity contribution >= 4 is 46.6 Å². The molecule has 206 valence electrons. The molecule has 0 aliphatic carbocycles. The van der Waals surface area contributed by atoms with Gasteiger partial charge in [0.05, 0.1) is 41.1 Å². The monoisotopic (exact) mass is 591 g/mol. The number of rotatable bonds is 7. The third-order valence-electron chi connectivity index (χ3n) is 5.02. The first-order chi connectivity index (χ1) is 18.2. The second kappa shape index (κ2) is 12.0. The molecule has 0 aliphatic heterocycles. The number of hydrogen-bond acceptors (Lipinski definition) is 5. The standard InChI is InChI=1S/C25H17Cl2F6N3O3/c1-38-17-9-14(10-18(13-17)39-2)3-8-23(37)36(22-12-16(25(31,32)33)5-7-20(22)27)35-34-21-11-15(24(28,29)30)4-6-19(21)26/h3-13H,1-2H3/b8-3+,35-34?. The molecule has 0 saturated carbocycles. The van der Waals surface area contributed by atoms with Crippen LogP contribution < -0.4 is 14.5 Å². The normalized spacial score (nSPS) is 12.3. The van der Waals surface area contributed by atoms with Crippen LogP contribution in [0.3, 0.4) is 0 Å². The second-order valence-electron chi connectivity index (χ2n) is 7.65. The highest BCUT2D eigenvalue weighted by molar-refractivity contribution is 6.34. The lowest BCUT2D eigenvalue weighted by Crippen LogP contribution is -2.23. The van der Waals surface area contributed by atoms with E-state index in [0.717, 1.165) is 18.2 Å². The van der Waals surface area contributed by atoms with Crippen LogP contribution in [-0.2, 0) is 17.1 Å². The smallest absolute Gasteiger partial charge is 0.416 e. The first-order valence-corrected chi connectivity index (χ1v) is 11.4. The van der Waals surface area contributed by atoms with Gasteiger partial charge in [0.25, 0.3) is 5.91 Å². The molecule has 39 heavy (non-hydrogen) atoms. The molecule has 3 rings (SSSR count). The first-order valence-electron chi connectivity index (χ1n) is 10.6. The molecule has 0 N–H and O–H groups in total. The molecule has 14 heteroatoms. The van der Waals surface area contributed by atoms with E-state index in [-0.39, 0.29) is 10.0 Å². The summed E-state index contributed by atoms with van der Waals surface area (Å²) in [5.74, 6) is -0.263. The lowest BCUT2D eigenvalue weighted by atomic mass is 10.1. The maximum Gasteiger partial charge on any atom is 0.416 e. The number of methoxy groups -OCH3 is 2. The van der Waals surface area contributed by atoms with Gasteiger partial charge in [-0.1, -0.05) is 28.4 Å². The Hall–Kier alpha value is -3.77. The molecule has 0 radical (unpaired) electrons. The van der Waals surface area contributed by atoms with Crippen molar-refractivity contribution in [1.29, 1.82) is 0 Å². The van der Waals surface area contributed by atoms with Crippen molar-refractivity contribution in [2.45, 2.75) is 12.4 Å². The molecule has 3 aromatic carbocycles. The van der Waals surface area contributed by atoms with E-state index in [1.807, 2.05) is 0 Å². The van der Waals surface area contributed by atoms with Crippen LogP contribution >= 0.6 is 23.2 Å². The van der Waals surface area contributed by atoms with Crippen LogP contribution in [0.2, 0.25) is 10.0 Å². The molecule has 0 unspecified atom stereocenters. The lowest BCUT2D eigenvalue weighted by molar-refractivity contribution is -0.138. The van der Waals surface area contributed by atoms with E-state index >= 15 is 0 Å². The van der Waals surface area contributed by atoms with E-state index in [2.05, 4.69) is 10.3 Å². The zero-order valence-corrected chi connectivity index (χ0v) is 21.5. The summed E-state index contributed by atoms with van der Waals surface area (Å²) >= 11 is 12.0. The van der Waals surface area contributed by atoms with Crippen molar-refractivity contribution in [2.75, 3.05) is 19.2 Å². The maximum atomic E-state index is 13.4. The summed E-state index contributed by atoms with van der Waals surface area (Å²) in [6.07, 6.45) is -7.32. The van der Waals surface area contributed by atoms with E-state index in [1.165, 1.54) is 32.4 Å². The van der Waals surface area contributed by atoms with Gasteiger partial charge in [-0.05, 0) is 60.2 Å². The number of anilines is 1. The van der Waals surface area contributed by atoms with Gasteiger partial charge in [0.2, 0.25) is 0 Å². The summed E-state index contributed by atoms with van der Waals surface area (Å²) in [5, 5.41) is 7.05. The molecule has 0 heterocycles. The highest BCUT2D eigenvalue weighted by Gasteiger charge is 2.33. The number of carbonyl (C=O) groups excluding carboxylic acids is 1. The molecule has 3 aromatic rings. The Balaban J connectivity index is 2.09. The van der Waals surface area contributed by atoms with Crippen molar-refractivity contribution in [3.8, 4) is 11.5 Å². The summed E-state index contributed by atoms with van der Waals surface area (Å²) in [6, 6.07) is 8.97. The van der Waals surface area contributed by atoms with Gasteiger partial charge in [0.1, 0.15) is 17.2 Å². The Kier molecular flexibility index (Phi) is 9.13. The maximum absolute atomic E-state index is 13.4. The van der Waals surface area contributed by atoms with Gasteiger partial charge in [-0.3, -0.25) is 4.79 Å². The van der Waals surface area contributed by atoms with Gasteiger partial charge in [0, 0.05) is 12.1 Å². The van der Waals surface area contributed by atoms with Crippen molar-refractivity contribution in [1.82, 2.24) is 0 Å². The summed E-state index contributed by atoms with van der Waals surface area (Å²) in [5.41, 5.74) is -2.88. The molecule has 0 aliphatic rings. The number of nitrogens with zero attached hydrogens (tertiary/aromatic N) is 3. The van der Waals surface area contributed by atoms with Crippen LogP contribution in [0.25, 0.3) is 6.08 Å². The third-order valence-corrected chi connectivity index (χ3v) is 5.66. The van der Waals surface area contributed by atoms with Crippen LogP contribution in [0.15, 0.2) is 71.0 Å². The van der Waals surface area contributed by atoms with Crippen LogP contribution in [0.1, 0.15) is 16.7 Å². The Morgan fingerprint density at radius 1 is 0.821 bits per heavy atom. The summed E-state index contributed by atoms with van der Waals surface area (Å²) in [6.45, 7) is 0. The van der Waals surface area contributed by atoms with Crippen molar-refractivity contribution in [3.63, 3.8) is 0 Å². The zero-order chi connectivity index (χ0) is 29.0. The van der Waals surface area contributed by atoms with Crippen LogP contribution in [0.4, 0.5) is 37.7 Å². The van der Waals surface area contributed by atoms with Gasteiger partial charge >= 0.3 is 12.4 Å². The van der Waals surface area contributed by atoms with Crippen molar-refractivity contribution in [2.24, 2.45) is 10.3 Å². The highest BCUT2D eigenvalue weighted by atomic mass is 35.5. The lowest BCUT2D eigenvalue weighted by Gasteiger charge is -2.18. The molecular formula is C25H17Cl2F6N3O3. The number of alkyl halides is 6. The average Bonchev–Trinajstić information content (AvgIpc) is 2.87. The minimum Gasteiger partial charge on any atom is -0.497 e. The predicted molar refractivity (Wildman–Crippen MR) is 133 cm³/mol. The summed E-state index contributed by atoms with van der Waals surface area (Å²) < 4.78 is 89.8. The van der Waals surface area contributed by atoms with E-state index in [9.17, 15) is 31.1 Å².